The Morgan fingerprint density at radius 1 is 1.09 bits per heavy atom. The first-order chi connectivity index (χ1) is 15.7. The zero-order chi connectivity index (χ0) is 21.9. The lowest BCUT2D eigenvalue weighted by molar-refractivity contribution is -0.113. The third-order valence-corrected chi connectivity index (χ3v) is 6.13. The first-order valence-corrected chi connectivity index (χ1v) is 10.9. The van der Waals surface area contributed by atoms with Gasteiger partial charge in [-0.2, -0.15) is 0 Å². The molecule has 0 bridgehead atoms. The molecule has 1 aromatic heterocycles. The van der Waals surface area contributed by atoms with E-state index < -0.39 is 0 Å². The van der Waals surface area contributed by atoms with Crippen molar-refractivity contribution in [2.75, 3.05) is 12.0 Å². The van der Waals surface area contributed by atoms with Crippen LogP contribution in [-0.4, -0.2) is 28.2 Å². The van der Waals surface area contributed by atoms with Gasteiger partial charge in [0.15, 0.2) is 5.17 Å². The average molecular weight is 441 g/mol. The van der Waals surface area contributed by atoms with E-state index in [-0.39, 0.29) is 5.91 Å². The predicted molar refractivity (Wildman–Crippen MR) is 130 cm³/mol. The van der Waals surface area contributed by atoms with Crippen molar-refractivity contribution in [1.82, 2.24) is 9.97 Å². The fraction of sp³-hybridized carbons (Fsp3) is 0.0800. The SMILES string of the molecule is COc1ccc(N2C(=O)C(=Cc3ccc4[nH]cnc4c3)SC2=NCc2ccccc2)cc1. The zero-order valence-electron chi connectivity index (χ0n) is 17.4. The molecule has 6 nitrogen and oxygen atoms in total. The summed E-state index contributed by atoms with van der Waals surface area (Å²) in [6, 6.07) is 23.3. The van der Waals surface area contributed by atoms with E-state index in [1.807, 2.05) is 78.9 Å². The average Bonchev–Trinajstić information content (AvgIpc) is 3.42. The molecule has 3 aromatic carbocycles. The number of amides is 1. The fourth-order valence-corrected chi connectivity index (χ4v) is 4.45. The summed E-state index contributed by atoms with van der Waals surface area (Å²) in [4.78, 5) is 27.8. The number of thioether (sulfide) groups is 1. The van der Waals surface area contributed by atoms with E-state index in [4.69, 9.17) is 9.73 Å². The molecule has 0 spiro atoms. The summed E-state index contributed by atoms with van der Waals surface area (Å²) in [5.74, 6) is 0.632. The number of fused-ring (bicyclic) bond motifs is 1. The summed E-state index contributed by atoms with van der Waals surface area (Å²) >= 11 is 1.38. The quantitative estimate of drug-likeness (QED) is 0.431. The van der Waals surface area contributed by atoms with Crippen molar-refractivity contribution in [1.29, 1.82) is 0 Å². The number of aromatic nitrogens is 2. The minimum atomic E-state index is -0.103. The topological polar surface area (TPSA) is 70.6 Å². The number of carbonyl (C=O) groups is 1. The number of hydrogen-bond acceptors (Lipinski definition) is 5. The molecule has 32 heavy (non-hydrogen) atoms. The number of amidine groups is 1. The first-order valence-electron chi connectivity index (χ1n) is 10.1. The van der Waals surface area contributed by atoms with Gasteiger partial charge in [0.1, 0.15) is 5.75 Å². The summed E-state index contributed by atoms with van der Waals surface area (Å²) < 4.78 is 5.26. The van der Waals surface area contributed by atoms with Crippen LogP contribution in [0.5, 0.6) is 5.75 Å². The third-order valence-electron chi connectivity index (χ3n) is 5.12. The number of anilines is 1. The Morgan fingerprint density at radius 3 is 2.69 bits per heavy atom. The summed E-state index contributed by atoms with van der Waals surface area (Å²) in [6.45, 7) is 0.496. The van der Waals surface area contributed by atoms with E-state index in [9.17, 15) is 4.79 Å². The summed E-state index contributed by atoms with van der Waals surface area (Å²) in [6.07, 6.45) is 3.56. The number of hydrogen-bond donors (Lipinski definition) is 1. The van der Waals surface area contributed by atoms with Gasteiger partial charge < -0.3 is 9.72 Å². The van der Waals surface area contributed by atoms with Crippen molar-refractivity contribution in [3.8, 4) is 5.75 Å². The Morgan fingerprint density at radius 2 is 1.91 bits per heavy atom. The molecule has 4 aromatic rings. The molecular formula is C25H20N4O2S. The van der Waals surface area contributed by atoms with Gasteiger partial charge >= 0.3 is 0 Å². The Kier molecular flexibility index (Phi) is 5.47. The molecule has 1 fully saturated rings. The van der Waals surface area contributed by atoms with Gasteiger partial charge in [0, 0.05) is 0 Å². The number of rotatable bonds is 5. The van der Waals surface area contributed by atoms with Crippen molar-refractivity contribution in [2.24, 2.45) is 4.99 Å². The highest BCUT2D eigenvalue weighted by Crippen LogP contribution is 2.37. The van der Waals surface area contributed by atoms with Gasteiger partial charge in [0.25, 0.3) is 5.91 Å². The van der Waals surface area contributed by atoms with Crippen molar-refractivity contribution in [3.05, 3.63) is 95.2 Å². The van der Waals surface area contributed by atoms with Crippen LogP contribution in [0.15, 0.2) is 89.0 Å². The van der Waals surface area contributed by atoms with E-state index in [0.717, 1.165) is 33.6 Å². The Bertz CT molecular complexity index is 1330. The Balaban J connectivity index is 1.51. The highest BCUT2D eigenvalue weighted by atomic mass is 32.2. The van der Waals surface area contributed by atoms with E-state index in [1.54, 1.807) is 18.3 Å². The van der Waals surface area contributed by atoms with Crippen LogP contribution in [0.3, 0.4) is 0 Å². The van der Waals surface area contributed by atoms with Gasteiger partial charge in [0.2, 0.25) is 0 Å². The number of nitrogens with zero attached hydrogens (tertiary/aromatic N) is 3. The van der Waals surface area contributed by atoms with Gasteiger partial charge in [-0.05, 0) is 65.4 Å². The highest BCUT2D eigenvalue weighted by molar-refractivity contribution is 8.19. The second kappa shape index (κ2) is 8.72. The van der Waals surface area contributed by atoms with Gasteiger partial charge in [0.05, 0.1) is 41.6 Å². The molecule has 1 saturated heterocycles. The standard InChI is InChI=1S/C25H20N4O2S/c1-31-20-10-8-19(9-11-20)29-24(30)23(14-18-7-12-21-22(13-18)28-16-27-21)32-25(29)26-15-17-5-3-2-4-6-17/h2-14,16H,15H2,1H3,(H,27,28). The molecular weight excluding hydrogens is 420 g/mol. The van der Waals surface area contributed by atoms with E-state index in [2.05, 4.69) is 9.97 Å². The van der Waals surface area contributed by atoms with Crippen LogP contribution in [0.4, 0.5) is 5.69 Å². The maximum Gasteiger partial charge on any atom is 0.271 e. The molecule has 0 atom stereocenters. The molecule has 2 heterocycles. The Labute approximate surface area is 189 Å². The number of carbonyl (C=O) groups excluding carboxylic acids is 1. The minimum absolute atomic E-state index is 0.103. The molecule has 7 heteroatoms. The number of H-pyrrole nitrogens is 1. The van der Waals surface area contributed by atoms with E-state index >= 15 is 0 Å². The van der Waals surface area contributed by atoms with Gasteiger partial charge in [-0.15, -0.1) is 0 Å². The van der Waals surface area contributed by atoms with Crippen LogP contribution in [0.25, 0.3) is 17.1 Å². The van der Waals surface area contributed by atoms with Crippen molar-refractivity contribution >= 4 is 45.6 Å². The normalized spacial score (nSPS) is 16.4. The van der Waals surface area contributed by atoms with Crippen LogP contribution in [-0.2, 0) is 11.3 Å². The largest absolute Gasteiger partial charge is 0.497 e. The van der Waals surface area contributed by atoms with Gasteiger partial charge in [-0.1, -0.05) is 36.4 Å². The molecule has 0 unspecified atom stereocenters. The molecule has 0 saturated carbocycles. The van der Waals surface area contributed by atoms with E-state index in [0.29, 0.717) is 16.6 Å². The van der Waals surface area contributed by atoms with Crippen molar-refractivity contribution in [3.63, 3.8) is 0 Å². The molecule has 1 aliphatic heterocycles. The molecule has 0 radical (unpaired) electrons. The van der Waals surface area contributed by atoms with Crippen LogP contribution in [0, 0.1) is 0 Å². The van der Waals surface area contributed by atoms with E-state index in [1.165, 1.54) is 11.8 Å². The lowest BCUT2D eigenvalue weighted by Crippen LogP contribution is -2.28. The maximum atomic E-state index is 13.4. The van der Waals surface area contributed by atoms with Crippen molar-refractivity contribution < 1.29 is 9.53 Å². The number of ether oxygens (including phenoxy) is 1. The number of benzene rings is 3. The zero-order valence-corrected chi connectivity index (χ0v) is 18.2. The summed E-state index contributed by atoms with van der Waals surface area (Å²) in [7, 11) is 1.62. The molecule has 5 rings (SSSR count). The smallest absolute Gasteiger partial charge is 0.271 e. The molecule has 1 N–H and O–H groups in total. The van der Waals surface area contributed by atoms with Crippen LogP contribution >= 0.6 is 11.8 Å². The summed E-state index contributed by atoms with van der Waals surface area (Å²) in [5, 5.41) is 0.649. The van der Waals surface area contributed by atoms with Gasteiger partial charge in [-0.25, -0.2) is 4.98 Å². The minimum Gasteiger partial charge on any atom is -0.497 e. The highest BCUT2D eigenvalue weighted by Gasteiger charge is 2.34. The lowest BCUT2D eigenvalue weighted by atomic mass is 10.2. The molecule has 158 valence electrons. The number of methoxy groups -OCH3 is 1. The monoisotopic (exact) mass is 440 g/mol. The molecule has 0 aliphatic carbocycles. The third kappa shape index (κ3) is 4.02. The second-order valence-electron chi connectivity index (χ2n) is 7.21. The van der Waals surface area contributed by atoms with Crippen LogP contribution in [0.1, 0.15) is 11.1 Å². The first kappa shape index (κ1) is 20.1. The van der Waals surface area contributed by atoms with Crippen molar-refractivity contribution in [2.45, 2.75) is 6.54 Å². The number of aliphatic imine (C=N–C) groups is 1. The van der Waals surface area contributed by atoms with Crippen LogP contribution in [0.2, 0.25) is 0 Å². The molecule has 1 aliphatic rings. The summed E-state index contributed by atoms with van der Waals surface area (Å²) in [5.41, 5.74) is 4.58. The fourth-order valence-electron chi connectivity index (χ4n) is 3.47. The van der Waals surface area contributed by atoms with Gasteiger partial charge in [-0.3, -0.25) is 14.7 Å². The number of nitrogens with one attached hydrogen (secondary N) is 1. The second-order valence-corrected chi connectivity index (χ2v) is 8.22. The lowest BCUT2D eigenvalue weighted by Gasteiger charge is -2.16. The molecule has 1 amide bonds. The maximum absolute atomic E-state index is 13.4. The number of imidazole rings is 1. The van der Waals surface area contributed by atoms with Crippen LogP contribution < -0.4 is 9.64 Å². The predicted octanol–water partition coefficient (Wildman–Crippen LogP) is 5.25. The Hall–Kier alpha value is -3.84. The number of aromatic amines is 1.